The van der Waals surface area contributed by atoms with Gasteiger partial charge in [-0.05, 0) is 48.5 Å². The summed E-state index contributed by atoms with van der Waals surface area (Å²) in [6, 6.07) is 19.2. The van der Waals surface area contributed by atoms with Gasteiger partial charge < -0.3 is 16.0 Å². The molecule has 3 aromatic carbocycles. The number of halogens is 2. The fourth-order valence-electron chi connectivity index (χ4n) is 2.19. The lowest BCUT2D eigenvalue weighted by atomic mass is 10.2. The molecule has 0 saturated carbocycles. The van der Waals surface area contributed by atoms with E-state index in [0.29, 0.717) is 22.7 Å². The van der Waals surface area contributed by atoms with Crippen LogP contribution in [0.5, 0.6) is 0 Å². The van der Waals surface area contributed by atoms with E-state index in [9.17, 15) is 13.6 Å². The molecule has 25 heavy (non-hydrogen) atoms. The standard InChI is InChI=1S/C19H15F2N3O/c20-17-11-10-16(12-18(17)21)22-14-6-8-15(9-7-14)24-19(25)23-13-4-2-1-3-5-13/h1-12,22H,(H2,23,24,25). The van der Waals surface area contributed by atoms with E-state index in [-0.39, 0.29) is 6.03 Å². The lowest BCUT2D eigenvalue weighted by molar-refractivity contribution is 0.262. The first-order valence-electron chi connectivity index (χ1n) is 7.55. The van der Waals surface area contributed by atoms with E-state index in [2.05, 4.69) is 16.0 Å². The van der Waals surface area contributed by atoms with Gasteiger partial charge in [-0.1, -0.05) is 18.2 Å². The minimum absolute atomic E-state index is 0.354. The van der Waals surface area contributed by atoms with Crippen LogP contribution in [0.15, 0.2) is 72.8 Å². The monoisotopic (exact) mass is 339 g/mol. The molecule has 4 nitrogen and oxygen atoms in total. The van der Waals surface area contributed by atoms with E-state index in [1.54, 1.807) is 36.4 Å². The number of anilines is 4. The Hall–Kier alpha value is -3.41. The molecule has 0 radical (unpaired) electrons. The molecule has 0 heterocycles. The van der Waals surface area contributed by atoms with Crippen molar-refractivity contribution in [1.82, 2.24) is 0 Å². The van der Waals surface area contributed by atoms with Gasteiger partial charge in [-0.15, -0.1) is 0 Å². The molecule has 6 heteroatoms. The molecule has 0 aromatic heterocycles. The zero-order chi connectivity index (χ0) is 17.6. The SMILES string of the molecule is O=C(Nc1ccccc1)Nc1ccc(Nc2ccc(F)c(F)c2)cc1. The maximum atomic E-state index is 13.2. The highest BCUT2D eigenvalue weighted by atomic mass is 19.2. The average molecular weight is 339 g/mol. The third-order valence-corrected chi connectivity index (χ3v) is 3.38. The molecule has 3 N–H and O–H groups in total. The summed E-state index contributed by atoms with van der Waals surface area (Å²) < 4.78 is 26.1. The summed E-state index contributed by atoms with van der Waals surface area (Å²) in [5.41, 5.74) is 2.40. The molecule has 126 valence electrons. The Morgan fingerprint density at radius 1 is 0.640 bits per heavy atom. The van der Waals surface area contributed by atoms with Gasteiger partial charge in [0.25, 0.3) is 0 Å². The second-order valence-electron chi connectivity index (χ2n) is 5.28. The van der Waals surface area contributed by atoms with Gasteiger partial charge in [0, 0.05) is 28.8 Å². The van der Waals surface area contributed by atoms with Crippen LogP contribution in [0.1, 0.15) is 0 Å². The van der Waals surface area contributed by atoms with Crippen molar-refractivity contribution in [1.29, 1.82) is 0 Å². The fourth-order valence-corrected chi connectivity index (χ4v) is 2.19. The fraction of sp³-hybridized carbons (Fsp3) is 0. The molecule has 0 spiro atoms. The zero-order valence-electron chi connectivity index (χ0n) is 13.1. The summed E-state index contributed by atoms with van der Waals surface area (Å²) in [4.78, 5) is 11.9. The molecule has 3 rings (SSSR count). The zero-order valence-corrected chi connectivity index (χ0v) is 13.1. The van der Waals surface area contributed by atoms with Crippen LogP contribution in [0.2, 0.25) is 0 Å². The van der Waals surface area contributed by atoms with Gasteiger partial charge in [-0.25, -0.2) is 13.6 Å². The normalized spacial score (nSPS) is 10.2. The van der Waals surface area contributed by atoms with E-state index >= 15 is 0 Å². The summed E-state index contributed by atoms with van der Waals surface area (Å²) in [5.74, 6) is -1.81. The summed E-state index contributed by atoms with van der Waals surface area (Å²) in [6.07, 6.45) is 0. The van der Waals surface area contributed by atoms with Gasteiger partial charge in [0.15, 0.2) is 11.6 Å². The van der Waals surface area contributed by atoms with Gasteiger partial charge in [0.2, 0.25) is 0 Å². The van der Waals surface area contributed by atoms with Gasteiger partial charge >= 0.3 is 6.03 Å². The Labute approximate surface area is 143 Å². The molecular weight excluding hydrogens is 324 g/mol. The molecule has 2 amide bonds. The Balaban J connectivity index is 1.60. The topological polar surface area (TPSA) is 53.2 Å². The van der Waals surface area contributed by atoms with Crippen molar-refractivity contribution >= 4 is 28.8 Å². The van der Waals surface area contributed by atoms with Crippen LogP contribution in [-0.4, -0.2) is 6.03 Å². The summed E-state index contributed by atoms with van der Waals surface area (Å²) in [7, 11) is 0. The Kier molecular flexibility index (Phi) is 4.89. The molecule has 0 saturated heterocycles. The third-order valence-electron chi connectivity index (χ3n) is 3.38. The minimum Gasteiger partial charge on any atom is -0.355 e. The van der Waals surface area contributed by atoms with Crippen molar-refractivity contribution in [3.63, 3.8) is 0 Å². The van der Waals surface area contributed by atoms with E-state index in [0.717, 1.165) is 12.1 Å². The number of urea groups is 1. The highest BCUT2D eigenvalue weighted by Gasteiger charge is 2.04. The highest BCUT2D eigenvalue weighted by Crippen LogP contribution is 2.20. The van der Waals surface area contributed by atoms with Crippen LogP contribution in [-0.2, 0) is 0 Å². The number of carbonyl (C=O) groups is 1. The maximum Gasteiger partial charge on any atom is 0.323 e. The summed E-state index contributed by atoms with van der Waals surface area (Å²) >= 11 is 0. The minimum atomic E-state index is -0.916. The Bertz CT molecular complexity index is 868. The molecule has 0 aliphatic rings. The summed E-state index contributed by atoms with van der Waals surface area (Å²) in [5, 5.41) is 8.38. The van der Waals surface area contributed by atoms with Crippen LogP contribution < -0.4 is 16.0 Å². The van der Waals surface area contributed by atoms with Crippen LogP contribution in [0.25, 0.3) is 0 Å². The molecule has 0 unspecified atom stereocenters. The number of amides is 2. The molecule has 0 fully saturated rings. The second-order valence-corrected chi connectivity index (χ2v) is 5.28. The molecule has 0 aliphatic heterocycles. The molecule has 0 bridgehead atoms. The second kappa shape index (κ2) is 7.44. The number of benzene rings is 3. The number of nitrogens with one attached hydrogen (secondary N) is 3. The Morgan fingerprint density at radius 3 is 1.84 bits per heavy atom. The van der Waals surface area contributed by atoms with Crippen LogP contribution in [0.4, 0.5) is 36.3 Å². The van der Waals surface area contributed by atoms with Crippen molar-refractivity contribution < 1.29 is 13.6 Å². The van der Waals surface area contributed by atoms with E-state index in [4.69, 9.17) is 0 Å². The van der Waals surface area contributed by atoms with Crippen molar-refractivity contribution in [2.45, 2.75) is 0 Å². The van der Waals surface area contributed by atoms with Crippen molar-refractivity contribution in [2.24, 2.45) is 0 Å². The van der Waals surface area contributed by atoms with E-state index < -0.39 is 11.6 Å². The number of carbonyl (C=O) groups excluding carboxylic acids is 1. The van der Waals surface area contributed by atoms with Crippen LogP contribution in [0, 0.1) is 11.6 Å². The lowest BCUT2D eigenvalue weighted by Gasteiger charge is -2.10. The van der Waals surface area contributed by atoms with Gasteiger partial charge in [-0.3, -0.25) is 0 Å². The molecule has 0 aliphatic carbocycles. The number of rotatable bonds is 4. The third kappa shape index (κ3) is 4.54. The smallest absolute Gasteiger partial charge is 0.323 e. The first kappa shape index (κ1) is 16.4. The summed E-state index contributed by atoms with van der Waals surface area (Å²) in [6.45, 7) is 0. The van der Waals surface area contributed by atoms with Gasteiger partial charge in [-0.2, -0.15) is 0 Å². The maximum absolute atomic E-state index is 13.2. The van der Waals surface area contributed by atoms with Gasteiger partial charge in [0.05, 0.1) is 0 Å². The van der Waals surface area contributed by atoms with Crippen LogP contribution >= 0.6 is 0 Å². The van der Waals surface area contributed by atoms with Crippen molar-refractivity contribution in [3.05, 3.63) is 84.4 Å². The quantitative estimate of drug-likeness (QED) is 0.600. The largest absolute Gasteiger partial charge is 0.355 e. The molecular formula is C19H15F2N3O. The first-order valence-corrected chi connectivity index (χ1v) is 7.55. The predicted octanol–water partition coefficient (Wildman–Crippen LogP) is 5.35. The predicted molar refractivity (Wildman–Crippen MR) is 95.2 cm³/mol. The van der Waals surface area contributed by atoms with E-state index in [1.165, 1.54) is 6.07 Å². The number of para-hydroxylation sites is 1. The lowest BCUT2D eigenvalue weighted by Crippen LogP contribution is -2.19. The van der Waals surface area contributed by atoms with E-state index in [1.807, 2.05) is 18.2 Å². The average Bonchev–Trinajstić information content (AvgIpc) is 2.61. The van der Waals surface area contributed by atoms with Crippen molar-refractivity contribution in [2.75, 3.05) is 16.0 Å². The Morgan fingerprint density at radius 2 is 1.20 bits per heavy atom. The van der Waals surface area contributed by atoms with Gasteiger partial charge in [0.1, 0.15) is 0 Å². The van der Waals surface area contributed by atoms with Crippen molar-refractivity contribution in [3.8, 4) is 0 Å². The molecule has 3 aromatic rings. The molecule has 0 atom stereocenters. The number of hydrogen-bond acceptors (Lipinski definition) is 2. The van der Waals surface area contributed by atoms with Crippen LogP contribution in [0.3, 0.4) is 0 Å². The first-order chi connectivity index (χ1) is 12.1. The number of hydrogen-bond donors (Lipinski definition) is 3. The highest BCUT2D eigenvalue weighted by molar-refractivity contribution is 5.99.